The van der Waals surface area contributed by atoms with Gasteiger partial charge in [0.2, 0.25) is 0 Å². The molecule has 0 aromatic heterocycles. The van der Waals surface area contributed by atoms with E-state index in [0.717, 1.165) is 18.7 Å². The van der Waals surface area contributed by atoms with Crippen molar-refractivity contribution in [2.75, 3.05) is 13.7 Å². The SMILES string of the molecule is CCNC(c1ccccc1CC)c1ccccc1OC. The Balaban J connectivity index is 2.50. The lowest BCUT2D eigenvalue weighted by Crippen LogP contribution is -2.23. The van der Waals surface area contributed by atoms with Crippen LogP contribution in [-0.2, 0) is 6.42 Å². The number of aryl methyl sites for hydroxylation is 1. The Bertz CT molecular complexity index is 503. The van der Waals surface area contributed by atoms with Gasteiger partial charge in [0.25, 0.3) is 0 Å². The van der Waals surface area contributed by atoms with Gasteiger partial charge in [-0.3, -0.25) is 0 Å². The summed E-state index contributed by atoms with van der Waals surface area (Å²) in [6.07, 6.45) is 1.03. The number of ether oxygens (including phenoxy) is 1. The molecule has 2 nitrogen and oxygen atoms in total. The van der Waals surface area contributed by atoms with E-state index in [1.54, 1.807) is 7.11 Å². The predicted octanol–water partition coefficient (Wildman–Crippen LogP) is 3.96. The molecular weight excluding hydrogens is 246 g/mol. The molecule has 0 saturated heterocycles. The first kappa shape index (κ1) is 14.6. The van der Waals surface area contributed by atoms with Crippen molar-refractivity contribution in [2.24, 2.45) is 0 Å². The third kappa shape index (κ3) is 3.02. The molecule has 0 bridgehead atoms. The molecule has 2 aromatic rings. The summed E-state index contributed by atoms with van der Waals surface area (Å²) in [5.74, 6) is 0.935. The number of benzene rings is 2. The summed E-state index contributed by atoms with van der Waals surface area (Å²) in [5, 5.41) is 3.58. The van der Waals surface area contributed by atoms with E-state index in [1.807, 2.05) is 12.1 Å². The minimum Gasteiger partial charge on any atom is -0.496 e. The van der Waals surface area contributed by atoms with Gasteiger partial charge >= 0.3 is 0 Å². The Morgan fingerprint density at radius 2 is 1.60 bits per heavy atom. The fourth-order valence-electron chi connectivity index (χ4n) is 2.63. The van der Waals surface area contributed by atoms with Gasteiger partial charge in [-0.1, -0.05) is 56.3 Å². The van der Waals surface area contributed by atoms with Crippen LogP contribution in [-0.4, -0.2) is 13.7 Å². The van der Waals surface area contributed by atoms with Crippen LogP contribution in [0.3, 0.4) is 0 Å². The molecule has 0 aliphatic rings. The summed E-state index contributed by atoms with van der Waals surface area (Å²) < 4.78 is 5.53. The molecule has 0 radical (unpaired) electrons. The summed E-state index contributed by atoms with van der Waals surface area (Å²) >= 11 is 0. The van der Waals surface area contributed by atoms with Gasteiger partial charge in [-0.2, -0.15) is 0 Å². The number of hydrogen-bond donors (Lipinski definition) is 1. The molecule has 0 amide bonds. The molecular formula is C18H23NO. The molecule has 0 saturated carbocycles. The second-order valence-corrected chi connectivity index (χ2v) is 4.79. The summed E-state index contributed by atoms with van der Waals surface area (Å²) in [6, 6.07) is 17.0. The van der Waals surface area contributed by atoms with Crippen LogP contribution in [0, 0.1) is 0 Å². The molecule has 0 aliphatic heterocycles. The molecule has 1 atom stereocenters. The van der Waals surface area contributed by atoms with Crippen molar-refractivity contribution in [1.82, 2.24) is 5.32 Å². The minimum absolute atomic E-state index is 0.173. The van der Waals surface area contributed by atoms with E-state index < -0.39 is 0 Å². The quantitative estimate of drug-likeness (QED) is 0.857. The van der Waals surface area contributed by atoms with Gasteiger partial charge in [-0.25, -0.2) is 0 Å². The largest absolute Gasteiger partial charge is 0.496 e. The first-order valence-corrected chi connectivity index (χ1v) is 7.25. The van der Waals surface area contributed by atoms with Gasteiger partial charge in [0.1, 0.15) is 5.75 Å². The van der Waals surface area contributed by atoms with Crippen LogP contribution in [0.5, 0.6) is 5.75 Å². The predicted molar refractivity (Wildman–Crippen MR) is 84.3 cm³/mol. The third-order valence-electron chi connectivity index (χ3n) is 3.61. The number of nitrogens with one attached hydrogen (secondary N) is 1. The zero-order valence-corrected chi connectivity index (χ0v) is 12.5. The third-order valence-corrected chi connectivity index (χ3v) is 3.61. The Morgan fingerprint density at radius 3 is 2.25 bits per heavy atom. The van der Waals surface area contributed by atoms with Gasteiger partial charge in [0.05, 0.1) is 13.2 Å². The van der Waals surface area contributed by atoms with Crippen molar-refractivity contribution in [2.45, 2.75) is 26.3 Å². The van der Waals surface area contributed by atoms with E-state index >= 15 is 0 Å². The molecule has 2 heteroatoms. The first-order chi connectivity index (χ1) is 9.81. The molecule has 0 fully saturated rings. The van der Waals surface area contributed by atoms with Crippen molar-refractivity contribution in [3.63, 3.8) is 0 Å². The molecule has 0 aliphatic carbocycles. The molecule has 0 heterocycles. The number of methoxy groups -OCH3 is 1. The lowest BCUT2D eigenvalue weighted by atomic mass is 9.92. The smallest absolute Gasteiger partial charge is 0.123 e. The highest BCUT2D eigenvalue weighted by Gasteiger charge is 2.18. The Labute approximate surface area is 121 Å². The maximum absolute atomic E-state index is 5.53. The lowest BCUT2D eigenvalue weighted by Gasteiger charge is -2.23. The normalized spacial score (nSPS) is 12.2. The van der Waals surface area contributed by atoms with Crippen molar-refractivity contribution < 1.29 is 4.74 Å². The Kier molecular flexibility index (Phi) is 5.19. The molecule has 106 valence electrons. The van der Waals surface area contributed by atoms with Crippen LogP contribution in [0.15, 0.2) is 48.5 Å². The molecule has 2 aromatic carbocycles. The zero-order chi connectivity index (χ0) is 14.4. The second-order valence-electron chi connectivity index (χ2n) is 4.79. The molecule has 1 unspecified atom stereocenters. The molecule has 20 heavy (non-hydrogen) atoms. The van der Waals surface area contributed by atoms with Crippen molar-refractivity contribution >= 4 is 0 Å². The van der Waals surface area contributed by atoms with Gasteiger partial charge in [-0.15, -0.1) is 0 Å². The average molecular weight is 269 g/mol. The summed E-state index contributed by atoms with van der Waals surface area (Å²) in [6.45, 7) is 5.25. The first-order valence-electron chi connectivity index (χ1n) is 7.25. The van der Waals surface area contributed by atoms with Crippen LogP contribution >= 0.6 is 0 Å². The maximum Gasteiger partial charge on any atom is 0.123 e. The summed E-state index contributed by atoms with van der Waals surface area (Å²) in [4.78, 5) is 0. The van der Waals surface area contributed by atoms with E-state index in [1.165, 1.54) is 16.7 Å². The highest BCUT2D eigenvalue weighted by Crippen LogP contribution is 2.31. The van der Waals surface area contributed by atoms with Crippen LogP contribution in [0.1, 0.15) is 36.6 Å². The average Bonchev–Trinajstić information content (AvgIpc) is 2.52. The maximum atomic E-state index is 5.53. The lowest BCUT2D eigenvalue weighted by molar-refractivity contribution is 0.404. The van der Waals surface area contributed by atoms with Crippen molar-refractivity contribution in [1.29, 1.82) is 0 Å². The van der Waals surface area contributed by atoms with Crippen LogP contribution in [0.25, 0.3) is 0 Å². The standard InChI is InChI=1S/C18H23NO/c1-4-14-10-6-7-11-15(14)18(19-5-2)16-12-8-9-13-17(16)20-3/h6-13,18-19H,4-5H2,1-3H3. The molecule has 2 rings (SSSR count). The van der Waals surface area contributed by atoms with E-state index in [2.05, 4.69) is 55.6 Å². The van der Waals surface area contributed by atoms with Crippen LogP contribution in [0.2, 0.25) is 0 Å². The number of hydrogen-bond acceptors (Lipinski definition) is 2. The van der Waals surface area contributed by atoms with Crippen LogP contribution < -0.4 is 10.1 Å². The monoisotopic (exact) mass is 269 g/mol. The Morgan fingerprint density at radius 1 is 0.950 bits per heavy atom. The van der Waals surface area contributed by atoms with Gasteiger partial charge in [0, 0.05) is 5.56 Å². The van der Waals surface area contributed by atoms with E-state index in [0.29, 0.717) is 0 Å². The van der Waals surface area contributed by atoms with Gasteiger partial charge < -0.3 is 10.1 Å². The van der Waals surface area contributed by atoms with E-state index in [9.17, 15) is 0 Å². The highest BCUT2D eigenvalue weighted by atomic mass is 16.5. The van der Waals surface area contributed by atoms with Crippen molar-refractivity contribution in [3.8, 4) is 5.75 Å². The number of para-hydroxylation sites is 1. The van der Waals surface area contributed by atoms with Crippen LogP contribution in [0.4, 0.5) is 0 Å². The summed E-state index contributed by atoms with van der Waals surface area (Å²) in [7, 11) is 1.73. The minimum atomic E-state index is 0.173. The van der Waals surface area contributed by atoms with Gasteiger partial charge in [-0.05, 0) is 30.2 Å². The zero-order valence-electron chi connectivity index (χ0n) is 12.5. The van der Waals surface area contributed by atoms with E-state index in [4.69, 9.17) is 4.74 Å². The molecule has 0 spiro atoms. The topological polar surface area (TPSA) is 21.3 Å². The summed E-state index contributed by atoms with van der Waals surface area (Å²) in [5.41, 5.74) is 3.91. The molecule has 1 N–H and O–H groups in total. The fourth-order valence-corrected chi connectivity index (χ4v) is 2.63. The van der Waals surface area contributed by atoms with Crippen molar-refractivity contribution in [3.05, 3.63) is 65.2 Å². The van der Waals surface area contributed by atoms with Gasteiger partial charge in [0.15, 0.2) is 0 Å². The number of rotatable bonds is 6. The second kappa shape index (κ2) is 7.11. The van der Waals surface area contributed by atoms with E-state index in [-0.39, 0.29) is 6.04 Å². The Hall–Kier alpha value is -1.80. The fraction of sp³-hybridized carbons (Fsp3) is 0.333. The highest BCUT2D eigenvalue weighted by molar-refractivity contribution is 5.44.